The van der Waals surface area contributed by atoms with Gasteiger partial charge in [-0.2, -0.15) is 0 Å². The quantitative estimate of drug-likeness (QED) is 0.669. The number of ether oxygens (including phenoxy) is 2. The fourth-order valence-corrected chi connectivity index (χ4v) is 1.81. The third kappa shape index (κ3) is 8.02. The van der Waals surface area contributed by atoms with Crippen LogP contribution in [0.3, 0.4) is 0 Å². The lowest BCUT2D eigenvalue weighted by Crippen LogP contribution is -2.19. The van der Waals surface area contributed by atoms with Crippen LogP contribution in [0.25, 0.3) is 0 Å². The Morgan fingerprint density at radius 1 is 1.10 bits per heavy atom. The van der Waals surface area contributed by atoms with Gasteiger partial charge in [-0.15, -0.1) is 0 Å². The molecule has 0 bridgehead atoms. The van der Waals surface area contributed by atoms with Crippen LogP contribution >= 0.6 is 0 Å². The minimum Gasteiger partial charge on any atom is -0.488 e. The highest BCUT2D eigenvalue weighted by Gasteiger charge is 2.05. The van der Waals surface area contributed by atoms with Crippen molar-refractivity contribution in [3.8, 4) is 5.75 Å². The number of hydrogen-bond donors (Lipinski definition) is 1. The van der Waals surface area contributed by atoms with Gasteiger partial charge in [0.1, 0.15) is 6.61 Å². The van der Waals surface area contributed by atoms with Gasteiger partial charge in [0.05, 0.1) is 6.61 Å². The van der Waals surface area contributed by atoms with Crippen molar-refractivity contribution in [1.29, 1.82) is 0 Å². The number of rotatable bonds is 10. The normalized spacial score (nSPS) is 11.4. The summed E-state index contributed by atoms with van der Waals surface area (Å²) in [4.78, 5) is 0. The maximum atomic E-state index is 13.9. The predicted molar refractivity (Wildman–Crippen MR) is 84.1 cm³/mol. The summed E-state index contributed by atoms with van der Waals surface area (Å²) in [6.45, 7) is 11.6. The van der Waals surface area contributed by atoms with Crippen LogP contribution in [0, 0.1) is 17.7 Å². The Morgan fingerprint density at radius 2 is 1.86 bits per heavy atom. The maximum Gasteiger partial charge on any atom is 0.165 e. The van der Waals surface area contributed by atoms with Gasteiger partial charge in [-0.3, -0.25) is 0 Å². The molecule has 4 heteroatoms. The van der Waals surface area contributed by atoms with E-state index in [1.165, 1.54) is 6.07 Å². The highest BCUT2D eigenvalue weighted by molar-refractivity contribution is 5.29. The Labute approximate surface area is 127 Å². The largest absolute Gasteiger partial charge is 0.488 e. The maximum absolute atomic E-state index is 13.9. The molecule has 0 saturated carbocycles. The predicted octanol–water partition coefficient (Wildman–Crippen LogP) is 3.62. The first kappa shape index (κ1) is 17.9. The Kier molecular flexibility index (Phi) is 8.31. The van der Waals surface area contributed by atoms with Crippen LogP contribution < -0.4 is 10.1 Å². The summed E-state index contributed by atoms with van der Waals surface area (Å²) in [7, 11) is 0. The van der Waals surface area contributed by atoms with Crippen LogP contribution in [-0.2, 0) is 11.3 Å². The Hall–Kier alpha value is -1.13. The van der Waals surface area contributed by atoms with E-state index in [-0.39, 0.29) is 11.6 Å². The second-order valence-corrected chi connectivity index (χ2v) is 6.11. The summed E-state index contributed by atoms with van der Waals surface area (Å²) in [5.41, 5.74) is 0.927. The van der Waals surface area contributed by atoms with Crippen molar-refractivity contribution in [3.63, 3.8) is 0 Å². The molecule has 0 fully saturated rings. The third-order valence-corrected chi connectivity index (χ3v) is 2.81. The molecule has 0 spiro atoms. The minimum absolute atomic E-state index is 0.288. The second-order valence-electron chi connectivity index (χ2n) is 6.11. The Morgan fingerprint density at radius 3 is 2.48 bits per heavy atom. The van der Waals surface area contributed by atoms with Crippen LogP contribution in [0.2, 0.25) is 0 Å². The van der Waals surface area contributed by atoms with E-state index < -0.39 is 0 Å². The zero-order valence-electron chi connectivity index (χ0n) is 13.6. The molecule has 0 radical (unpaired) electrons. The van der Waals surface area contributed by atoms with Crippen LogP contribution in [0.15, 0.2) is 18.2 Å². The van der Waals surface area contributed by atoms with Gasteiger partial charge in [0.25, 0.3) is 0 Å². The van der Waals surface area contributed by atoms with Crippen LogP contribution in [0.5, 0.6) is 5.75 Å². The first-order valence-corrected chi connectivity index (χ1v) is 7.68. The molecule has 0 aliphatic carbocycles. The number of hydrogen-bond acceptors (Lipinski definition) is 3. The number of halogens is 1. The van der Waals surface area contributed by atoms with E-state index in [0.29, 0.717) is 38.2 Å². The first-order valence-electron chi connectivity index (χ1n) is 7.68. The van der Waals surface area contributed by atoms with E-state index in [0.717, 1.165) is 12.1 Å². The van der Waals surface area contributed by atoms with Gasteiger partial charge in [-0.1, -0.05) is 33.8 Å². The molecule has 0 amide bonds. The zero-order chi connectivity index (χ0) is 15.7. The molecule has 0 aromatic heterocycles. The van der Waals surface area contributed by atoms with Crippen molar-refractivity contribution in [3.05, 3.63) is 29.6 Å². The number of nitrogens with one attached hydrogen (secondary N) is 1. The zero-order valence-corrected chi connectivity index (χ0v) is 13.6. The molecule has 0 aliphatic rings. The lowest BCUT2D eigenvalue weighted by Gasteiger charge is -2.11. The van der Waals surface area contributed by atoms with E-state index in [1.807, 2.05) is 6.07 Å². The first-order chi connectivity index (χ1) is 9.99. The monoisotopic (exact) mass is 297 g/mol. The lowest BCUT2D eigenvalue weighted by atomic mass is 10.2. The minimum atomic E-state index is -0.317. The van der Waals surface area contributed by atoms with Gasteiger partial charge in [-0.05, 0) is 36.1 Å². The molecule has 3 nitrogen and oxygen atoms in total. The molecular formula is C17H28FNO2. The van der Waals surface area contributed by atoms with E-state index in [1.54, 1.807) is 6.07 Å². The Balaban J connectivity index is 2.33. The summed E-state index contributed by atoms with van der Waals surface area (Å²) < 4.78 is 24.7. The molecule has 1 N–H and O–H groups in total. The average molecular weight is 297 g/mol. The van der Waals surface area contributed by atoms with Crippen molar-refractivity contribution < 1.29 is 13.9 Å². The summed E-state index contributed by atoms with van der Waals surface area (Å²) in [5.74, 6) is 1.06. The second kappa shape index (κ2) is 9.74. The molecule has 0 heterocycles. The topological polar surface area (TPSA) is 30.5 Å². The van der Waals surface area contributed by atoms with E-state index >= 15 is 0 Å². The molecule has 1 rings (SSSR count). The summed E-state index contributed by atoms with van der Waals surface area (Å²) >= 11 is 0. The van der Waals surface area contributed by atoms with Gasteiger partial charge in [0, 0.05) is 13.2 Å². The van der Waals surface area contributed by atoms with E-state index in [4.69, 9.17) is 9.47 Å². The highest BCUT2D eigenvalue weighted by atomic mass is 19.1. The molecule has 1 aromatic rings. The van der Waals surface area contributed by atoms with Gasteiger partial charge in [0.2, 0.25) is 0 Å². The van der Waals surface area contributed by atoms with Crippen LogP contribution in [0.4, 0.5) is 4.39 Å². The fraction of sp³-hybridized carbons (Fsp3) is 0.647. The van der Waals surface area contributed by atoms with Gasteiger partial charge >= 0.3 is 0 Å². The Bertz CT molecular complexity index is 408. The summed E-state index contributed by atoms with van der Waals surface area (Å²) in [6, 6.07) is 5.10. The van der Waals surface area contributed by atoms with Crippen molar-refractivity contribution >= 4 is 0 Å². The van der Waals surface area contributed by atoms with E-state index in [9.17, 15) is 4.39 Å². The molecule has 1 aromatic carbocycles. The van der Waals surface area contributed by atoms with Crippen LogP contribution in [-0.4, -0.2) is 26.4 Å². The SMILES string of the molecule is CC(C)CNCc1ccc(OCCOCC(C)C)c(F)c1. The summed E-state index contributed by atoms with van der Waals surface area (Å²) in [6.07, 6.45) is 0. The van der Waals surface area contributed by atoms with E-state index in [2.05, 4.69) is 33.0 Å². The van der Waals surface area contributed by atoms with Crippen molar-refractivity contribution in [2.24, 2.45) is 11.8 Å². The molecule has 0 saturated heterocycles. The van der Waals surface area contributed by atoms with Gasteiger partial charge in [-0.25, -0.2) is 4.39 Å². The fourth-order valence-electron chi connectivity index (χ4n) is 1.81. The van der Waals surface area contributed by atoms with Crippen LogP contribution in [0.1, 0.15) is 33.3 Å². The highest BCUT2D eigenvalue weighted by Crippen LogP contribution is 2.18. The molecule has 120 valence electrons. The van der Waals surface area contributed by atoms with Crippen molar-refractivity contribution in [2.75, 3.05) is 26.4 Å². The van der Waals surface area contributed by atoms with Gasteiger partial charge < -0.3 is 14.8 Å². The molecule has 0 unspecified atom stereocenters. The van der Waals surface area contributed by atoms with Crippen molar-refractivity contribution in [2.45, 2.75) is 34.2 Å². The van der Waals surface area contributed by atoms with Gasteiger partial charge in [0.15, 0.2) is 11.6 Å². The average Bonchev–Trinajstić information content (AvgIpc) is 2.39. The number of benzene rings is 1. The molecule has 0 aliphatic heterocycles. The molecule has 0 atom stereocenters. The summed E-state index contributed by atoms with van der Waals surface area (Å²) in [5, 5.41) is 3.29. The molecular weight excluding hydrogens is 269 g/mol. The third-order valence-electron chi connectivity index (χ3n) is 2.81. The van der Waals surface area contributed by atoms with Crippen molar-refractivity contribution in [1.82, 2.24) is 5.32 Å². The molecule has 21 heavy (non-hydrogen) atoms. The smallest absolute Gasteiger partial charge is 0.165 e. The standard InChI is InChI=1S/C17H28FNO2/c1-13(2)10-19-11-15-5-6-17(16(18)9-15)21-8-7-20-12-14(3)4/h5-6,9,13-14,19H,7-8,10-12H2,1-4H3. The lowest BCUT2D eigenvalue weighted by molar-refractivity contribution is 0.0808.